The van der Waals surface area contributed by atoms with Crippen LogP contribution in [0.2, 0.25) is 5.02 Å². The molecule has 2 aromatic carbocycles. The number of halogens is 4. The Hall–Kier alpha value is -1.83. The molecule has 1 aliphatic rings. The van der Waals surface area contributed by atoms with Crippen molar-refractivity contribution in [2.75, 3.05) is 19.5 Å². The van der Waals surface area contributed by atoms with Gasteiger partial charge in [-0.2, -0.15) is 13.2 Å². The lowest BCUT2D eigenvalue weighted by atomic mass is 10.2. The fraction of sp³-hybridized carbons (Fsp3) is 0.222. The quantitative estimate of drug-likeness (QED) is 0.702. The summed E-state index contributed by atoms with van der Waals surface area (Å²) in [5.74, 6) is 1.84. The first kappa shape index (κ1) is 18.9. The van der Waals surface area contributed by atoms with Gasteiger partial charge in [0.2, 0.25) is 0 Å². The van der Waals surface area contributed by atoms with Gasteiger partial charge in [-0.3, -0.25) is 0 Å². The Morgan fingerprint density at radius 3 is 2.50 bits per heavy atom. The van der Waals surface area contributed by atoms with Gasteiger partial charge in [0.05, 0.1) is 17.7 Å². The van der Waals surface area contributed by atoms with Gasteiger partial charge >= 0.3 is 6.18 Å². The van der Waals surface area contributed by atoms with Gasteiger partial charge in [-0.05, 0) is 42.0 Å². The maximum atomic E-state index is 12.7. The first-order valence-corrected chi connectivity index (χ1v) is 9.00. The summed E-state index contributed by atoms with van der Waals surface area (Å²) in [6.45, 7) is 0.826. The van der Waals surface area contributed by atoms with Gasteiger partial charge in [-0.25, -0.2) is 0 Å². The number of hydrogen-bond donors (Lipinski definition) is 1. The molecule has 0 aromatic heterocycles. The lowest BCUT2D eigenvalue weighted by Gasteiger charge is -2.14. The van der Waals surface area contributed by atoms with Crippen molar-refractivity contribution in [3.05, 3.63) is 57.5 Å². The van der Waals surface area contributed by atoms with Crippen LogP contribution in [0.15, 0.2) is 41.3 Å². The number of thioether (sulfide) groups is 1. The molecule has 26 heavy (non-hydrogen) atoms. The number of ether oxygens (including phenoxy) is 2. The third-order valence-corrected chi connectivity index (χ3v) is 4.93. The lowest BCUT2D eigenvalue weighted by Crippen LogP contribution is -2.04. The summed E-state index contributed by atoms with van der Waals surface area (Å²) in [6.07, 6.45) is -2.41. The Balaban J connectivity index is 1.84. The van der Waals surface area contributed by atoms with Gasteiger partial charge < -0.3 is 14.8 Å². The molecule has 3 rings (SSSR count). The molecular weight excluding hydrogens is 387 g/mol. The molecule has 138 valence electrons. The summed E-state index contributed by atoms with van der Waals surface area (Å²) in [6, 6.07) is 8.32. The standard InChI is InChI=1S/C18H15ClF3NO2S/c1-24-17-7-11(6-13-9-23-10-26-13)2-4-16(17)25-15-5-3-12(8-14(15)19)18(20,21)22/h2-8,23H,9-10H2,1H3. The van der Waals surface area contributed by atoms with E-state index in [1.54, 1.807) is 23.9 Å². The molecule has 1 fully saturated rings. The smallest absolute Gasteiger partial charge is 0.416 e. The van der Waals surface area contributed by atoms with E-state index in [1.165, 1.54) is 18.1 Å². The summed E-state index contributed by atoms with van der Waals surface area (Å²) in [4.78, 5) is 1.21. The van der Waals surface area contributed by atoms with Crippen LogP contribution >= 0.6 is 23.4 Å². The van der Waals surface area contributed by atoms with Crippen LogP contribution in [0.5, 0.6) is 17.2 Å². The zero-order chi connectivity index (χ0) is 18.7. The van der Waals surface area contributed by atoms with Gasteiger partial charge in [0.15, 0.2) is 11.5 Å². The van der Waals surface area contributed by atoms with E-state index in [9.17, 15) is 13.2 Å². The van der Waals surface area contributed by atoms with E-state index in [-0.39, 0.29) is 10.8 Å². The molecule has 2 aromatic rings. The first-order valence-electron chi connectivity index (χ1n) is 7.63. The molecule has 3 nitrogen and oxygen atoms in total. The highest BCUT2D eigenvalue weighted by Gasteiger charge is 2.31. The predicted molar refractivity (Wildman–Crippen MR) is 98.0 cm³/mol. The number of alkyl halides is 3. The Kier molecular flexibility index (Phi) is 5.70. The van der Waals surface area contributed by atoms with E-state index in [0.29, 0.717) is 11.5 Å². The maximum absolute atomic E-state index is 12.7. The fourth-order valence-corrected chi connectivity index (χ4v) is 3.42. The van der Waals surface area contributed by atoms with Gasteiger partial charge in [-0.15, -0.1) is 11.8 Å². The van der Waals surface area contributed by atoms with Crippen LogP contribution in [-0.2, 0) is 6.18 Å². The molecule has 0 bridgehead atoms. The minimum absolute atomic E-state index is 0.124. The first-order chi connectivity index (χ1) is 12.4. The SMILES string of the molecule is COc1cc(C=C2CNCS2)ccc1Oc1ccc(C(F)(F)F)cc1Cl. The van der Waals surface area contributed by atoms with Crippen LogP contribution in [0.4, 0.5) is 13.2 Å². The van der Waals surface area contributed by atoms with E-state index >= 15 is 0 Å². The van der Waals surface area contributed by atoms with Crippen LogP contribution in [0.25, 0.3) is 6.08 Å². The van der Waals surface area contributed by atoms with Crippen molar-refractivity contribution in [1.29, 1.82) is 0 Å². The Labute approximate surface area is 158 Å². The third kappa shape index (κ3) is 4.47. The van der Waals surface area contributed by atoms with Gasteiger partial charge in [0.25, 0.3) is 0 Å². The summed E-state index contributed by atoms with van der Waals surface area (Å²) < 4.78 is 49.2. The summed E-state index contributed by atoms with van der Waals surface area (Å²) in [5.41, 5.74) is 0.116. The predicted octanol–water partition coefficient (Wildman–Crippen LogP) is 5.79. The van der Waals surface area contributed by atoms with Crippen LogP contribution in [0.1, 0.15) is 11.1 Å². The number of methoxy groups -OCH3 is 1. The summed E-state index contributed by atoms with van der Waals surface area (Å²) >= 11 is 7.67. The van der Waals surface area contributed by atoms with E-state index in [4.69, 9.17) is 21.1 Å². The van der Waals surface area contributed by atoms with E-state index < -0.39 is 11.7 Å². The largest absolute Gasteiger partial charge is 0.493 e. The second-order valence-electron chi connectivity index (χ2n) is 5.48. The van der Waals surface area contributed by atoms with Crippen molar-refractivity contribution in [3.8, 4) is 17.2 Å². The molecule has 0 spiro atoms. The molecule has 1 N–H and O–H groups in total. The van der Waals surface area contributed by atoms with E-state index in [0.717, 1.165) is 30.1 Å². The molecule has 0 aliphatic carbocycles. The molecule has 0 radical (unpaired) electrons. The van der Waals surface area contributed by atoms with Crippen molar-refractivity contribution in [2.24, 2.45) is 0 Å². The Morgan fingerprint density at radius 1 is 1.12 bits per heavy atom. The number of rotatable bonds is 4. The lowest BCUT2D eigenvalue weighted by molar-refractivity contribution is -0.137. The highest BCUT2D eigenvalue weighted by atomic mass is 35.5. The van der Waals surface area contributed by atoms with E-state index in [2.05, 4.69) is 5.32 Å². The highest BCUT2D eigenvalue weighted by Crippen LogP contribution is 2.39. The van der Waals surface area contributed by atoms with Crippen molar-refractivity contribution in [2.45, 2.75) is 6.18 Å². The molecule has 0 unspecified atom stereocenters. The molecule has 0 atom stereocenters. The summed E-state index contributed by atoms with van der Waals surface area (Å²) in [5, 5.41) is 3.11. The molecule has 1 aliphatic heterocycles. The third-order valence-electron chi connectivity index (χ3n) is 3.65. The molecule has 1 saturated heterocycles. The zero-order valence-corrected chi connectivity index (χ0v) is 15.3. The minimum atomic E-state index is -4.46. The summed E-state index contributed by atoms with van der Waals surface area (Å²) in [7, 11) is 1.50. The average molecular weight is 402 g/mol. The number of hydrogen-bond acceptors (Lipinski definition) is 4. The molecule has 8 heteroatoms. The Bertz CT molecular complexity index is 832. The maximum Gasteiger partial charge on any atom is 0.416 e. The monoisotopic (exact) mass is 401 g/mol. The highest BCUT2D eigenvalue weighted by molar-refractivity contribution is 8.03. The van der Waals surface area contributed by atoms with Crippen molar-refractivity contribution in [3.63, 3.8) is 0 Å². The molecule has 1 heterocycles. The minimum Gasteiger partial charge on any atom is -0.493 e. The normalized spacial score (nSPS) is 16.1. The number of benzene rings is 2. The second-order valence-corrected chi connectivity index (χ2v) is 6.99. The fourth-order valence-electron chi connectivity index (χ4n) is 2.38. The molecule has 0 saturated carbocycles. The second kappa shape index (κ2) is 7.82. The average Bonchev–Trinajstić information content (AvgIpc) is 3.10. The van der Waals surface area contributed by atoms with Crippen LogP contribution < -0.4 is 14.8 Å². The van der Waals surface area contributed by atoms with Crippen molar-refractivity contribution in [1.82, 2.24) is 5.32 Å². The molecular formula is C18H15ClF3NO2S. The molecule has 0 amide bonds. The van der Waals surface area contributed by atoms with Crippen LogP contribution in [0, 0.1) is 0 Å². The van der Waals surface area contributed by atoms with E-state index in [1.807, 2.05) is 12.1 Å². The van der Waals surface area contributed by atoms with Crippen molar-refractivity contribution >= 4 is 29.4 Å². The zero-order valence-electron chi connectivity index (χ0n) is 13.7. The van der Waals surface area contributed by atoms with Crippen molar-refractivity contribution < 1.29 is 22.6 Å². The number of nitrogens with one attached hydrogen (secondary N) is 1. The van der Waals surface area contributed by atoms with Gasteiger partial charge in [-0.1, -0.05) is 17.7 Å². The van der Waals surface area contributed by atoms with Crippen LogP contribution in [-0.4, -0.2) is 19.5 Å². The van der Waals surface area contributed by atoms with Gasteiger partial charge in [0, 0.05) is 17.3 Å². The Morgan fingerprint density at radius 2 is 1.88 bits per heavy atom. The van der Waals surface area contributed by atoms with Crippen LogP contribution in [0.3, 0.4) is 0 Å². The topological polar surface area (TPSA) is 30.5 Å². The van der Waals surface area contributed by atoms with Gasteiger partial charge in [0.1, 0.15) is 5.75 Å².